The van der Waals surface area contributed by atoms with Gasteiger partial charge in [0.05, 0.1) is 5.56 Å². The normalized spacial score (nSPS) is 22.1. The van der Waals surface area contributed by atoms with Gasteiger partial charge in [0.25, 0.3) is 0 Å². The van der Waals surface area contributed by atoms with Crippen LogP contribution in [0.4, 0.5) is 18.9 Å². The first kappa shape index (κ1) is 16.3. The molecule has 1 aliphatic rings. The quantitative estimate of drug-likeness (QED) is 0.930. The molecule has 2 atom stereocenters. The molecule has 1 N–H and O–H groups in total. The van der Waals surface area contributed by atoms with E-state index in [1.165, 1.54) is 12.1 Å². The van der Waals surface area contributed by atoms with Gasteiger partial charge in [0.1, 0.15) is 0 Å². The molecule has 1 aromatic rings. The maximum Gasteiger partial charge on any atom is 0.416 e. The monoisotopic (exact) mass is 314 g/mol. The van der Waals surface area contributed by atoms with E-state index in [1.54, 1.807) is 0 Å². The van der Waals surface area contributed by atoms with Crippen LogP contribution in [0.2, 0.25) is 0 Å². The molecule has 1 amide bonds. The number of benzene rings is 1. The van der Waals surface area contributed by atoms with Crippen molar-refractivity contribution in [2.45, 2.75) is 31.9 Å². The van der Waals surface area contributed by atoms with Crippen molar-refractivity contribution in [3.8, 4) is 0 Å². The molecule has 0 unspecified atom stereocenters. The van der Waals surface area contributed by atoms with Crippen molar-refractivity contribution in [1.82, 2.24) is 0 Å². The number of nitrogens with one attached hydrogen (secondary N) is 1. The number of aliphatic carboxylic acids is 1. The zero-order chi connectivity index (χ0) is 16.3. The van der Waals surface area contributed by atoms with Gasteiger partial charge in [-0.25, -0.2) is 0 Å². The Bertz CT molecular complexity index is 571. The third-order valence-electron chi connectivity index (χ3n) is 3.86. The highest BCUT2D eigenvalue weighted by molar-refractivity contribution is 5.95. The molecule has 1 saturated carbocycles. The van der Waals surface area contributed by atoms with E-state index in [-0.39, 0.29) is 5.69 Å². The van der Waals surface area contributed by atoms with Crippen LogP contribution >= 0.6 is 0 Å². The highest BCUT2D eigenvalue weighted by Crippen LogP contribution is 2.33. The van der Waals surface area contributed by atoms with Crippen LogP contribution in [-0.2, 0) is 15.8 Å². The highest BCUT2D eigenvalue weighted by atomic mass is 19.4. The highest BCUT2D eigenvalue weighted by Gasteiger charge is 2.33. The van der Waals surface area contributed by atoms with Gasteiger partial charge < -0.3 is 15.2 Å². The molecule has 2 rings (SSSR count). The van der Waals surface area contributed by atoms with Crippen molar-refractivity contribution in [2.24, 2.45) is 11.8 Å². The van der Waals surface area contributed by atoms with Crippen LogP contribution in [0.1, 0.15) is 31.2 Å². The number of hydrogen-bond acceptors (Lipinski definition) is 3. The molecule has 4 nitrogen and oxygen atoms in total. The van der Waals surface area contributed by atoms with Crippen LogP contribution in [0.3, 0.4) is 0 Å². The third-order valence-corrected chi connectivity index (χ3v) is 3.86. The molecule has 1 aliphatic carbocycles. The molecule has 120 valence electrons. The number of carbonyl (C=O) groups excluding carboxylic acids is 2. The van der Waals surface area contributed by atoms with E-state index in [0.717, 1.165) is 12.1 Å². The zero-order valence-electron chi connectivity index (χ0n) is 11.7. The van der Waals surface area contributed by atoms with E-state index in [0.29, 0.717) is 25.7 Å². The first-order valence-electron chi connectivity index (χ1n) is 6.98. The van der Waals surface area contributed by atoms with Crippen LogP contribution in [0.15, 0.2) is 24.3 Å². The summed E-state index contributed by atoms with van der Waals surface area (Å²) in [5.41, 5.74) is -0.868. The fourth-order valence-corrected chi connectivity index (χ4v) is 2.74. The lowest BCUT2D eigenvalue weighted by atomic mass is 9.78. The first-order chi connectivity index (χ1) is 10.3. The molecule has 0 spiro atoms. The summed E-state index contributed by atoms with van der Waals surface area (Å²) in [5.74, 6) is -3.52. The van der Waals surface area contributed by atoms with E-state index >= 15 is 0 Å². The number of anilines is 1. The topological polar surface area (TPSA) is 69.2 Å². The fraction of sp³-hybridized carbons (Fsp3) is 0.467. The van der Waals surface area contributed by atoms with Gasteiger partial charge >= 0.3 is 6.18 Å². The van der Waals surface area contributed by atoms with Crippen LogP contribution < -0.4 is 10.4 Å². The summed E-state index contributed by atoms with van der Waals surface area (Å²) in [6, 6.07) is 4.26. The van der Waals surface area contributed by atoms with Gasteiger partial charge in [-0.05, 0) is 31.0 Å². The molecule has 1 aromatic carbocycles. The lowest BCUT2D eigenvalue weighted by Crippen LogP contribution is -2.42. The first-order valence-corrected chi connectivity index (χ1v) is 6.98. The van der Waals surface area contributed by atoms with Crippen LogP contribution in [0.5, 0.6) is 0 Å². The van der Waals surface area contributed by atoms with Gasteiger partial charge in [-0.1, -0.05) is 18.9 Å². The minimum atomic E-state index is -4.50. The number of rotatable bonds is 3. The number of amides is 1. The smallest absolute Gasteiger partial charge is 0.416 e. The fourth-order valence-electron chi connectivity index (χ4n) is 2.74. The number of carboxylic acids is 1. The van der Waals surface area contributed by atoms with Gasteiger partial charge in [0, 0.05) is 23.5 Å². The molecule has 0 aromatic heterocycles. The van der Waals surface area contributed by atoms with Crippen molar-refractivity contribution in [1.29, 1.82) is 0 Å². The van der Waals surface area contributed by atoms with E-state index in [2.05, 4.69) is 5.32 Å². The second-order valence-electron chi connectivity index (χ2n) is 5.38. The Morgan fingerprint density at radius 1 is 1.14 bits per heavy atom. The van der Waals surface area contributed by atoms with Crippen LogP contribution in [0.25, 0.3) is 0 Å². The van der Waals surface area contributed by atoms with Gasteiger partial charge in [-0.15, -0.1) is 0 Å². The summed E-state index contributed by atoms with van der Waals surface area (Å²) < 4.78 is 37.9. The molecule has 0 radical (unpaired) electrons. The molecule has 0 bridgehead atoms. The predicted octanol–water partition coefficient (Wildman–Crippen LogP) is 2.20. The number of carbonyl (C=O) groups is 2. The number of alkyl halides is 3. The Balaban J connectivity index is 2.12. The molecule has 0 heterocycles. The van der Waals surface area contributed by atoms with E-state index in [1.807, 2.05) is 0 Å². The molecule has 7 heteroatoms. The summed E-state index contributed by atoms with van der Waals surface area (Å²) in [4.78, 5) is 23.2. The van der Waals surface area contributed by atoms with Gasteiger partial charge in [0.2, 0.25) is 5.91 Å². The molecule has 0 aliphatic heterocycles. The summed E-state index contributed by atoms with van der Waals surface area (Å²) >= 11 is 0. The Morgan fingerprint density at radius 2 is 1.77 bits per heavy atom. The Kier molecular flexibility index (Phi) is 4.73. The van der Waals surface area contributed by atoms with Crippen molar-refractivity contribution in [3.05, 3.63) is 29.8 Å². The standard InChI is InChI=1S/C15H16F3NO3/c16-15(17,18)9-4-3-5-10(8-9)19-13(20)11-6-1-2-7-12(11)14(21)22/h3-5,8,11-12H,1-2,6-7H2,(H,19,20)(H,21,22)/p-1/t11-,12-/m0/s1. The lowest BCUT2D eigenvalue weighted by molar-refractivity contribution is -0.313. The van der Waals surface area contributed by atoms with Gasteiger partial charge in [-0.3, -0.25) is 4.79 Å². The largest absolute Gasteiger partial charge is 0.550 e. The minimum absolute atomic E-state index is 0.00231. The number of halogens is 3. The van der Waals surface area contributed by atoms with Crippen molar-refractivity contribution in [3.63, 3.8) is 0 Å². The SMILES string of the molecule is O=C([O-])[C@H]1CCCC[C@@H]1C(=O)Nc1cccc(C(F)(F)F)c1. The lowest BCUT2D eigenvalue weighted by Gasteiger charge is -2.31. The Morgan fingerprint density at radius 3 is 2.36 bits per heavy atom. The van der Waals surface area contributed by atoms with Gasteiger partial charge in [-0.2, -0.15) is 13.2 Å². The Labute approximate surface area is 125 Å². The van der Waals surface area contributed by atoms with E-state index < -0.39 is 35.5 Å². The van der Waals surface area contributed by atoms with Crippen molar-refractivity contribution in [2.75, 3.05) is 5.32 Å². The second-order valence-corrected chi connectivity index (χ2v) is 5.38. The summed E-state index contributed by atoms with van der Waals surface area (Å²) in [6.07, 6.45) is -2.35. The molecule has 0 saturated heterocycles. The van der Waals surface area contributed by atoms with Crippen LogP contribution in [0, 0.1) is 11.8 Å². The Hall–Kier alpha value is -2.05. The maximum atomic E-state index is 12.6. The number of carboxylic acid groups (broad SMARTS) is 1. The average molecular weight is 314 g/mol. The van der Waals surface area contributed by atoms with Crippen molar-refractivity contribution < 1.29 is 27.9 Å². The summed E-state index contributed by atoms with van der Waals surface area (Å²) in [5, 5.41) is 13.4. The van der Waals surface area contributed by atoms with E-state index in [4.69, 9.17) is 0 Å². The molecule has 1 fully saturated rings. The molecular weight excluding hydrogens is 299 g/mol. The zero-order valence-corrected chi connectivity index (χ0v) is 11.7. The van der Waals surface area contributed by atoms with Crippen molar-refractivity contribution >= 4 is 17.6 Å². The predicted molar refractivity (Wildman–Crippen MR) is 70.5 cm³/mol. The van der Waals surface area contributed by atoms with E-state index in [9.17, 15) is 27.9 Å². The maximum absolute atomic E-state index is 12.6. The molecule has 22 heavy (non-hydrogen) atoms. The van der Waals surface area contributed by atoms with Crippen LogP contribution in [-0.4, -0.2) is 11.9 Å². The summed E-state index contributed by atoms with van der Waals surface area (Å²) in [7, 11) is 0. The second kappa shape index (κ2) is 6.37. The third kappa shape index (κ3) is 3.78. The molecular formula is C15H15F3NO3-. The average Bonchev–Trinajstić information content (AvgIpc) is 2.46. The minimum Gasteiger partial charge on any atom is -0.550 e. The number of hydrogen-bond donors (Lipinski definition) is 1. The summed E-state index contributed by atoms with van der Waals surface area (Å²) in [6.45, 7) is 0. The van der Waals surface area contributed by atoms with Gasteiger partial charge in [0.15, 0.2) is 0 Å².